The predicted molar refractivity (Wildman–Crippen MR) is 120 cm³/mol. The SMILES string of the molecule is CCCS(=O)(=O)Nc1c(F)ccc(C(=O)c2c[nH]c3ncc(-c4cnc(Cl)cn4)cc23)c1F. The minimum atomic E-state index is -3.98. The van der Waals surface area contributed by atoms with Gasteiger partial charge in [0.1, 0.15) is 22.3 Å². The fourth-order valence-electron chi connectivity index (χ4n) is 3.23. The van der Waals surface area contributed by atoms with Crippen LogP contribution in [-0.2, 0) is 10.0 Å². The van der Waals surface area contributed by atoms with Gasteiger partial charge in [0.25, 0.3) is 0 Å². The molecule has 4 rings (SSSR count). The Bertz CT molecular complexity index is 1470. The zero-order chi connectivity index (χ0) is 23.8. The lowest BCUT2D eigenvalue weighted by molar-refractivity contribution is 0.103. The average Bonchev–Trinajstić information content (AvgIpc) is 3.20. The number of rotatable bonds is 7. The number of sulfonamides is 1. The molecule has 0 aliphatic carbocycles. The summed E-state index contributed by atoms with van der Waals surface area (Å²) in [5.41, 5.74) is 0.0130. The van der Waals surface area contributed by atoms with Crippen LogP contribution in [0.4, 0.5) is 14.5 Å². The van der Waals surface area contributed by atoms with Gasteiger partial charge in [0.05, 0.1) is 29.4 Å². The van der Waals surface area contributed by atoms with E-state index >= 15 is 4.39 Å². The van der Waals surface area contributed by atoms with Crippen LogP contribution in [-0.4, -0.2) is 39.9 Å². The van der Waals surface area contributed by atoms with Crippen molar-refractivity contribution in [2.24, 2.45) is 0 Å². The van der Waals surface area contributed by atoms with E-state index < -0.39 is 38.7 Å². The minimum absolute atomic E-state index is 0.0640. The molecule has 0 aliphatic heterocycles. The Morgan fingerprint density at radius 1 is 1.12 bits per heavy atom. The van der Waals surface area contributed by atoms with Crippen molar-refractivity contribution in [1.82, 2.24) is 19.9 Å². The van der Waals surface area contributed by atoms with Crippen molar-refractivity contribution in [3.8, 4) is 11.3 Å². The molecular formula is C21H16ClF2N5O3S. The molecule has 3 heterocycles. The molecule has 3 aromatic heterocycles. The van der Waals surface area contributed by atoms with Crippen LogP contribution in [0, 0.1) is 11.6 Å². The molecule has 170 valence electrons. The number of pyridine rings is 1. The maximum absolute atomic E-state index is 15.1. The molecular weight excluding hydrogens is 476 g/mol. The summed E-state index contributed by atoms with van der Waals surface area (Å²) in [4.78, 5) is 28.4. The van der Waals surface area contributed by atoms with Gasteiger partial charge in [-0.1, -0.05) is 18.5 Å². The highest BCUT2D eigenvalue weighted by Crippen LogP contribution is 2.29. The van der Waals surface area contributed by atoms with Crippen molar-refractivity contribution in [2.45, 2.75) is 13.3 Å². The van der Waals surface area contributed by atoms with Gasteiger partial charge >= 0.3 is 0 Å². The van der Waals surface area contributed by atoms with Crippen molar-refractivity contribution in [2.75, 3.05) is 10.5 Å². The lowest BCUT2D eigenvalue weighted by Gasteiger charge is -2.11. The normalized spacial score (nSPS) is 11.6. The van der Waals surface area contributed by atoms with E-state index in [9.17, 15) is 17.6 Å². The maximum atomic E-state index is 15.1. The fourth-order valence-corrected chi connectivity index (χ4v) is 4.47. The van der Waals surface area contributed by atoms with Crippen LogP contribution in [0.1, 0.15) is 29.3 Å². The molecule has 0 atom stereocenters. The van der Waals surface area contributed by atoms with E-state index in [4.69, 9.17) is 11.6 Å². The first kappa shape index (κ1) is 22.7. The largest absolute Gasteiger partial charge is 0.345 e. The second-order valence-corrected chi connectivity index (χ2v) is 9.31. The quantitative estimate of drug-likeness (QED) is 0.371. The van der Waals surface area contributed by atoms with Crippen LogP contribution in [0.5, 0.6) is 0 Å². The third kappa shape index (κ3) is 4.55. The zero-order valence-electron chi connectivity index (χ0n) is 17.1. The molecule has 33 heavy (non-hydrogen) atoms. The van der Waals surface area contributed by atoms with E-state index in [1.807, 2.05) is 4.72 Å². The fraction of sp³-hybridized carbons (Fsp3) is 0.143. The molecule has 1 aromatic carbocycles. The first-order valence-electron chi connectivity index (χ1n) is 9.68. The number of fused-ring (bicyclic) bond motifs is 1. The predicted octanol–water partition coefficient (Wildman–Crippen LogP) is 4.33. The van der Waals surface area contributed by atoms with Gasteiger partial charge in [0, 0.05) is 28.9 Å². The molecule has 0 radical (unpaired) electrons. The Hall–Kier alpha value is -3.44. The molecule has 12 heteroatoms. The Balaban J connectivity index is 1.77. The third-order valence-corrected chi connectivity index (χ3v) is 6.41. The standard InChI is InChI=1S/C21H16ClF2N5O3S/c1-2-5-33(31,32)29-19-15(23)4-3-12(18(19)24)20(30)14-8-28-21-13(14)6-11(7-27-21)16-9-26-17(22)10-25-16/h3-4,6-10,29H,2,5H2,1H3,(H,27,28). The minimum Gasteiger partial charge on any atom is -0.345 e. The Morgan fingerprint density at radius 3 is 2.61 bits per heavy atom. The summed E-state index contributed by atoms with van der Waals surface area (Å²) in [6.07, 6.45) is 5.91. The highest BCUT2D eigenvalue weighted by Gasteiger charge is 2.25. The maximum Gasteiger partial charge on any atom is 0.232 e. The van der Waals surface area contributed by atoms with Crippen LogP contribution < -0.4 is 4.72 Å². The van der Waals surface area contributed by atoms with Crippen LogP contribution in [0.2, 0.25) is 5.15 Å². The molecule has 0 fully saturated rings. The number of aromatic nitrogens is 4. The Labute approximate surface area is 192 Å². The van der Waals surface area contributed by atoms with Crippen molar-refractivity contribution >= 4 is 44.1 Å². The van der Waals surface area contributed by atoms with Crippen LogP contribution in [0.25, 0.3) is 22.3 Å². The number of aromatic amines is 1. The molecule has 0 aliphatic rings. The first-order valence-corrected chi connectivity index (χ1v) is 11.7. The average molecular weight is 492 g/mol. The molecule has 2 N–H and O–H groups in total. The van der Waals surface area contributed by atoms with Gasteiger partial charge in [0.15, 0.2) is 11.6 Å². The van der Waals surface area contributed by atoms with E-state index in [-0.39, 0.29) is 22.9 Å². The second kappa shape index (κ2) is 8.83. The van der Waals surface area contributed by atoms with Crippen molar-refractivity contribution in [1.29, 1.82) is 0 Å². The number of hydrogen-bond donors (Lipinski definition) is 2. The van der Waals surface area contributed by atoms with E-state index in [0.717, 1.165) is 12.1 Å². The van der Waals surface area contributed by atoms with Gasteiger partial charge in [-0.05, 0) is 24.6 Å². The summed E-state index contributed by atoms with van der Waals surface area (Å²) in [6, 6.07) is 3.42. The molecule has 0 unspecified atom stereocenters. The summed E-state index contributed by atoms with van der Waals surface area (Å²) in [7, 11) is -3.98. The number of hydrogen-bond acceptors (Lipinski definition) is 6. The van der Waals surface area contributed by atoms with Gasteiger partial charge in [0.2, 0.25) is 10.0 Å². The molecule has 0 spiro atoms. The van der Waals surface area contributed by atoms with Crippen LogP contribution >= 0.6 is 11.6 Å². The van der Waals surface area contributed by atoms with Crippen molar-refractivity contribution in [3.63, 3.8) is 0 Å². The zero-order valence-corrected chi connectivity index (χ0v) is 18.6. The number of carbonyl (C=O) groups is 1. The van der Waals surface area contributed by atoms with Gasteiger partial charge in [-0.15, -0.1) is 0 Å². The molecule has 0 bridgehead atoms. The van der Waals surface area contributed by atoms with E-state index in [1.165, 1.54) is 24.8 Å². The smallest absolute Gasteiger partial charge is 0.232 e. The van der Waals surface area contributed by atoms with E-state index in [2.05, 4.69) is 19.9 Å². The number of benzene rings is 1. The van der Waals surface area contributed by atoms with Gasteiger partial charge in [-0.25, -0.2) is 27.2 Å². The number of nitrogens with zero attached hydrogens (tertiary/aromatic N) is 3. The lowest BCUT2D eigenvalue weighted by Crippen LogP contribution is -2.19. The highest BCUT2D eigenvalue weighted by atomic mass is 35.5. The summed E-state index contributed by atoms with van der Waals surface area (Å²) < 4.78 is 55.2. The van der Waals surface area contributed by atoms with E-state index in [1.54, 1.807) is 13.0 Å². The Morgan fingerprint density at radius 2 is 1.91 bits per heavy atom. The molecule has 4 aromatic rings. The third-order valence-electron chi connectivity index (χ3n) is 4.76. The molecule has 0 saturated heterocycles. The summed E-state index contributed by atoms with van der Waals surface area (Å²) in [6.45, 7) is 1.61. The van der Waals surface area contributed by atoms with Gasteiger partial charge in [-0.3, -0.25) is 14.5 Å². The van der Waals surface area contributed by atoms with E-state index in [0.29, 0.717) is 22.3 Å². The summed E-state index contributed by atoms with van der Waals surface area (Å²) >= 11 is 5.76. The van der Waals surface area contributed by atoms with Crippen molar-refractivity contribution in [3.05, 3.63) is 70.9 Å². The number of carbonyl (C=O) groups excluding carboxylic acids is 1. The van der Waals surface area contributed by atoms with Crippen LogP contribution in [0.3, 0.4) is 0 Å². The topological polar surface area (TPSA) is 118 Å². The van der Waals surface area contributed by atoms with Gasteiger partial charge < -0.3 is 4.98 Å². The molecule has 0 saturated carbocycles. The van der Waals surface area contributed by atoms with Crippen molar-refractivity contribution < 1.29 is 22.0 Å². The number of ketones is 1. The Kier molecular flexibility index (Phi) is 6.09. The highest BCUT2D eigenvalue weighted by molar-refractivity contribution is 7.92. The number of nitrogens with one attached hydrogen (secondary N) is 2. The second-order valence-electron chi connectivity index (χ2n) is 7.08. The monoisotopic (exact) mass is 491 g/mol. The summed E-state index contributed by atoms with van der Waals surface area (Å²) in [5, 5.41) is 0.577. The number of halogens is 3. The van der Waals surface area contributed by atoms with Gasteiger partial charge in [-0.2, -0.15) is 0 Å². The molecule has 0 amide bonds. The lowest BCUT2D eigenvalue weighted by atomic mass is 10.0. The molecule has 8 nitrogen and oxygen atoms in total. The number of anilines is 1. The van der Waals surface area contributed by atoms with Crippen LogP contribution in [0.15, 0.2) is 43.0 Å². The number of H-pyrrole nitrogens is 1. The first-order chi connectivity index (χ1) is 15.7. The summed E-state index contributed by atoms with van der Waals surface area (Å²) in [5.74, 6) is -3.54.